The molecular weight excluding hydrogens is 266 g/mol. The van der Waals surface area contributed by atoms with E-state index in [0.29, 0.717) is 23.7 Å². The highest BCUT2D eigenvalue weighted by Gasteiger charge is 2.14. The standard InChI is InChI=1S/C14H18ClNO3/c1-4-19-13(17)5-6-16(3)14(18)11-7-10(2)8-12(15)9-11/h7-9H,4-6H2,1-3H3. The molecule has 0 aromatic heterocycles. The van der Waals surface area contributed by atoms with Crippen molar-refractivity contribution in [2.75, 3.05) is 20.2 Å². The van der Waals surface area contributed by atoms with E-state index < -0.39 is 0 Å². The van der Waals surface area contributed by atoms with E-state index in [1.807, 2.05) is 6.92 Å². The quantitative estimate of drug-likeness (QED) is 0.781. The van der Waals surface area contributed by atoms with Crippen molar-refractivity contribution in [1.82, 2.24) is 4.90 Å². The smallest absolute Gasteiger partial charge is 0.307 e. The minimum atomic E-state index is -0.301. The molecule has 0 radical (unpaired) electrons. The second-order valence-electron chi connectivity index (χ2n) is 4.30. The van der Waals surface area contributed by atoms with E-state index in [2.05, 4.69) is 0 Å². The molecule has 0 saturated heterocycles. The summed E-state index contributed by atoms with van der Waals surface area (Å²) in [5.74, 6) is -0.459. The van der Waals surface area contributed by atoms with Crippen LogP contribution in [0.25, 0.3) is 0 Å². The Morgan fingerprint density at radius 3 is 2.58 bits per heavy atom. The van der Waals surface area contributed by atoms with E-state index >= 15 is 0 Å². The van der Waals surface area contributed by atoms with Gasteiger partial charge in [0.15, 0.2) is 0 Å². The van der Waals surface area contributed by atoms with Gasteiger partial charge in [-0.15, -0.1) is 0 Å². The van der Waals surface area contributed by atoms with Gasteiger partial charge in [0, 0.05) is 24.2 Å². The Morgan fingerprint density at radius 2 is 2.00 bits per heavy atom. The van der Waals surface area contributed by atoms with Crippen molar-refractivity contribution in [3.05, 3.63) is 34.3 Å². The number of hydrogen-bond acceptors (Lipinski definition) is 3. The molecular formula is C14H18ClNO3. The summed E-state index contributed by atoms with van der Waals surface area (Å²) in [6.45, 7) is 4.30. The van der Waals surface area contributed by atoms with Crippen molar-refractivity contribution < 1.29 is 14.3 Å². The van der Waals surface area contributed by atoms with Crippen molar-refractivity contribution in [3.63, 3.8) is 0 Å². The first-order valence-corrected chi connectivity index (χ1v) is 6.50. The fourth-order valence-electron chi connectivity index (χ4n) is 1.67. The van der Waals surface area contributed by atoms with E-state index in [4.69, 9.17) is 16.3 Å². The minimum absolute atomic E-state index is 0.158. The van der Waals surface area contributed by atoms with Crippen LogP contribution in [0.4, 0.5) is 0 Å². The maximum atomic E-state index is 12.1. The van der Waals surface area contributed by atoms with Gasteiger partial charge in [-0.1, -0.05) is 11.6 Å². The number of ether oxygens (including phenoxy) is 1. The summed E-state index contributed by atoms with van der Waals surface area (Å²) >= 11 is 5.92. The van der Waals surface area contributed by atoms with Gasteiger partial charge in [-0.25, -0.2) is 0 Å². The Balaban J connectivity index is 2.63. The Kier molecular flexibility index (Phi) is 5.83. The number of benzene rings is 1. The van der Waals surface area contributed by atoms with Gasteiger partial charge in [0.05, 0.1) is 13.0 Å². The highest BCUT2D eigenvalue weighted by Crippen LogP contribution is 2.15. The highest BCUT2D eigenvalue weighted by atomic mass is 35.5. The summed E-state index contributed by atoms with van der Waals surface area (Å²) in [5.41, 5.74) is 1.45. The van der Waals surface area contributed by atoms with E-state index in [1.54, 1.807) is 32.2 Å². The first-order chi connectivity index (χ1) is 8.93. The summed E-state index contributed by atoms with van der Waals surface area (Å²) in [5, 5.41) is 0.530. The fraction of sp³-hybridized carbons (Fsp3) is 0.429. The van der Waals surface area contributed by atoms with Crippen LogP contribution in [0.15, 0.2) is 18.2 Å². The van der Waals surface area contributed by atoms with Gasteiger partial charge >= 0.3 is 5.97 Å². The number of carbonyl (C=O) groups excluding carboxylic acids is 2. The Bertz CT molecular complexity index is 454. The van der Waals surface area contributed by atoms with Crippen LogP contribution < -0.4 is 0 Å². The third-order valence-electron chi connectivity index (χ3n) is 2.59. The SMILES string of the molecule is CCOC(=O)CCN(C)C(=O)c1cc(C)cc(Cl)c1. The molecule has 4 nitrogen and oxygen atoms in total. The second-order valence-corrected chi connectivity index (χ2v) is 4.74. The van der Waals surface area contributed by atoms with Gasteiger partial charge in [0.2, 0.25) is 0 Å². The van der Waals surface area contributed by atoms with Crippen molar-refractivity contribution in [2.24, 2.45) is 0 Å². The fourth-order valence-corrected chi connectivity index (χ4v) is 1.96. The van der Waals surface area contributed by atoms with Gasteiger partial charge in [0.25, 0.3) is 5.91 Å². The molecule has 0 aliphatic heterocycles. The number of nitrogens with zero attached hydrogens (tertiary/aromatic N) is 1. The van der Waals surface area contributed by atoms with Gasteiger partial charge in [-0.3, -0.25) is 9.59 Å². The van der Waals surface area contributed by atoms with Crippen molar-refractivity contribution >= 4 is 23.5 Å². The van der Waals surface area contributed by atoms with Gasteiger partial charge < -0.3 is 9.64 Å². The number of esters is 1. The predicted octanol–water partition coefficient (Wildman–Crippen LogP) is 2.67. The molecule has 19 heavy (non-hydrogen) atoms. The molecule has 0 N–H and O–H groups in total. The number of aryl methyl sites for hydroxylation is 1. The van der Waals surface area contributed by atoms with Crippen LogP contribution in [0.3, 0.4) is 0 Å². The number of carbonyl (C=O) groups is 2. The summed E-state index contributed by atoms with van der Waals surface area (Å²) in [6.07, 6.45) is 0.190. The molecule has 0 spiro atoms. The lowest BCUT2D eigenvalue weighted by molar-refractivity contribution is -0.143. The van der Waals surface area contributed by atoms with Crippen LogP contribution in [0.2, 0.25) is 5.02 Å². The highest BCUT2D eigenvalue weighted by molar-refractivity contribution is 6.31. The average Bonchev–Trinajstić information content (AvgIpc) is 2.34. The lowest BCUT2D eigenvalue weighted by atomic mass is 10.1. The molecule has 5 heteroatoms. The maximum Gasteiger partial charge on any atom is 0.307 e. The zero-order valence-electron chi connectivity index (χ0n) is 11.4. The number of amides is 1. The largest absolute Gasteiger partial charge is 0.466 e. The van der Waals surface area contributed by atoms with Crippen LogP contribution >= 0.6 is 11.6 Å². The molecule has 0 bridgehead atoms. The molecule has 0 aliphatic carbocycles. The molecule has 0 aliphatic rings. The number of hydrogen-bond donors (Lipinski definition) is 0. The minimum Gasteiger partial charge on any atom is -0.466 e. The Labute approximate surface area is 118 Å². The number of halogens is 1. The van der Waals surface area contributed by atoms with E-state index in [0.717, 1.165) is 5.56 Å². The van der Waals surface area contributed by atoms with E-state index in [1.165, 1.54) is 4.90 Å². The van der Waals surface area contributed by atoms with Gasteiger partial charge in [-0.2, -0.15) is 0 Å². The molecule has 1 rings (SSSR count). The third-order valence-corrected chi connectivity index (χ3v) is 2.81. The monoisotopic (exact) mass is 283 g/mol. The lowest BCUT2D eigenvalue weighted by Gasteiger charge is -2.17. The van der Waals surface area contributed by atoms with Crippen LogP contribution in [-0.4, -0.2) is 37.0 Å². The summed E-state index contributed by atoms with van der Waals surface area (Å²) < 4.78 is 4.82. The molecule has 0 unspecified atom stereocenters. The maximum absolute atomic E-state index is 12.1. The zero-order valence-corrected chi connectivity index (χ0v) is 12.2. The predicted molar refractivity (Wildman–Crippen MR) is 74.4 cm³/mol. The van der Waals surface area contributed by atoms with Crippen molar-refractivity contribution in [3.8, 4) is 0 Å². The molecule has 0 heterocycles. The van der Waals surface area contributed by atoms with Crippen LogP contribution in [0.1, 0.15) is 29.3 Å². The third kappa shape index (κ3) is 4.91. The molecule has 0 atom stereocenters. The van der Waals surface area contributed by atoms with E-state index in [9.17, 15) is 9.59 Å². The first kappa shape index (κ1) is 15.5. The number of rotatable bonds is 5. The molecule has 1 aromatic rings. The molecule has 1 aromatic carbocycles. The topological polar surface area (TPSA) is 46.6 Å². The van der Waals surface area contributed by atoms with Crippen LogP contribution in [0.5, 0.6) is 0 Å². The Hall–Kier alpha value is -1.55. The normalized spacial score (nSPS) is 10.1. The molecule has 1 amide bonds. The van der Waals surface area contributed by atoms with E-state index in [-0.39, 0.29) is 18.3 Å². The van der Waals surface area contributed by atoms with Crippen LogP contribution in [0, 0.1) is 6.92 Å². The first-order valence-electron chi connectivity index (χ1n) is 6.12. The summed E-state index contributed by atoms with van der Waals surface area (Å²) in [7, 11) is 1.65. The van der Waals surface area contributed by atoms with Crippen LogP contribution in [-0.2, 0) is 9.53 Å². The van der Waals surface area contributed by atoms with Crippen molar-refractivity contribution in [1.29, 1.82) is 0 Å². The summed E-state index contributed by atoms with van der Waals surface area (Å²) in [4.78, 5) is 24.9. The molecule has 0 fully saturated rings. The molecule has 0 saturated carbocycles. The summed E-state index contributed by atoms with van der Waals surface area (Å²) in [6, 6.07) is 5.18. The lowest BCUT2D eigenvalue weighted by Crippen LogP contribution is -2.29. The zero-order chi connectivity index (χ0) is 14.4. The van der Waals surface area contributed by atoms with Gasteiger partial charge in [-0.05, 0) is 37.6 Å². The van der Waals surface area contributed by atoms with Crippen molar-refractivity contribution in [2.45, 2.75) is 20.3 Å². The second kappa shape index (κ2) is 7.14. The Morgan fingerprint density at radius 1 is 1.32 bits per heavy atom. The molecule has 104 valence electrons. The van der Waals surface area contributed by atoms with Gasteiger partial charge in [0.1, 0.15) is 0 Å². The average molecular weight is 284 g/mol.